The van der Waals surface area contributed by atoms with Crippen molar-refractivity contribution in [1.29, 1.82) is 0 Å². The molecule has 0 aliphatic carbocycles. The molecule has 1 atom stereocenters. The fourth-order valence-corrected chi connectivity index (χ4v) is 3.44. The third-order valence-electron chi connectivity index (χ3n) is 4.05. The van der Waals surface area contributed by atoms with E-state index >= 15 is 0 Å². The predicted molar refractivity (Wildman–Crippen MR) is 101 cm³/mol. The summed E-state index contributed by atoms with van der Waals surface area (Å²) < 4.78 is 1.58. The molecule has 0 unspecified atom stereocenters. The van der Waals surface area contributed by atoms with E-state index in [1.54, 1.807) is 30.3 Å². The monoisotopic (exact) mass is 450 g/mol. The zero-order valence-electron chi connectivity index (χ0n) is 13.0. The number of hydrogen-bond acceptors (Lipinski definition) is 3. The van der Waals surface area contributed by atoms with Gasteiger partial charge in [0.15, 0.2) is 5.72 Å². The first kappa shape index (κ1) is 17.3. The van der Waals surface area contributed by atoms with Crippen LogP contribution in [-0.4, -0.2) is 21.7 Å². The molecule has 1 heterocycles. The van der Waals surface area contributed by atoms with Crippen LogP contribution in [-0.2, 0) is 5.72 Å². The molecule has 3 rings (SSSR count). The van der Waals surface area contributed by atoms with Crippen LogP contribution in [0.25, 0.3) is 0 Å². The first-order valence-corrected chi connectivity index (χ1v) is 9.18. The summed E-state index contributed by atoms with van der Waals surface area (Å²) in [4.78, 5) is 13.0. The molecule has 0 saturated carbocycles. The van der Waals surface area contributed by atoms with Gasteiger partial charge in [0.05, 0.1) is 5.56 Å². The molecule has 1 N–H and O–H groups in total. The van der Waals surface area contributed by atoms with Crippen LogP contribution in [0.3, 0.4) is 0 Å². The SMILES string of the molecule is CCC1=NN(C(=O)c2ccccc2Br)[C@](O)(c2ccc(Br)cc2)C1. The van der Waals surface area contributed by atoms with Crippen molar-refractivity contribution < 1.29 is 9.90 Å². The molecule has 6 heteroatoms. The highest BCUT2D eigenvalue weighted by Crippen LogP contribution is 2.38. The van der Waals surface area contributed by atoms with Gasteiger partial charge in [0.1, 0.15) is 0 Å². The Kier molecular flexibility index (Phi) is 4.90. The molecule has 0 bridgehead atoms. The molecule has 24 heavy (non-hydrogen) atoms. The maximum Gasteiger partial charge on any atom is 0.278 e. The Labute approximate surface area is 157 Å². The van der Waals surface area contributed by atoms with Crippen LogP contribution in [0.15, 0.2) is 62.6 Å². The zero-order valence-corrected chi connectivity index (χ0v) is 16.2. The Morgan fingerprint density at radius 2 is 1.88 bits per heavy atom. The number of nitrogens with zero attached hydrogens (tertiary/aromatic N) is 2. The third kappa shape index (κ3) is 3.06. The summed E-state index contributed by atoms with van der Waals surface area (Å²) in [6, 6.07) is 14.4. The molecule has 1 aliphatic rings. The molecule has 2 aromatic carbocycles. The second kappa shape index (κ2) is 6.78. The average molecular weight is 452 g/mol. The third-order valence-corrected chi connectivity index (χ3v) is 5.27. The Morgan fingerprint density at radius 3 is 2.50 bits per heavy atom. The van der Waals surface area contributed by atoms with E-state index < -0.39 is 5.72 Å². The van der Waals surface area contributed by atoms with Crippen molar-refractivity contribution in [2.45, 2.75) is 25.5 Å². The number of hydrogen-bond donors (Lipinski definition) is 1. The summed E-state index contributed by atoms with van der Waals surface area (Å²) in [5.41, 5.74) is 0.423. The summed E-state index contributed by atoms with van der Waals surface area (Å²) in [6.07, 6.45) is 0.986. The lowest BCUT2D eigenvalue weighted by Crippen LogP contribution is -2.43. The number of rotatable bonds is 3. The Balaban J connectivity index is 2.05. The fourth-order valence-electron chi connectivity index (χ4n) is 2.72. The van der Waals surface area contributed by atoms with Gasteiger partial charge in [-0.3, -0.25) is 4.79 Å². The van der Waals surface area contributed by atoms with E-state index in [1.165, 1.54) is 5.01 Å². The minimum atomic E-state index is -1.47. The quantitative estimate of drug-likeness (QED) is 0.737. The molecule has 2 aromatic rings. The highest BCUT2D eigenvalue weighted by atomic mass is 79.9. The van der Waals surface area contributed by atoms with Gasteiger partial charge in [-0.05, 0) is 46.6 Å². The van der Waals surface area contributed by atoms with Crippen LogP contribution in [0.4, 0.5) is 0 Å². The molecule has 1 amide bonds. The molecule has 124 valence electrons. The lowest BCUT2D eigenvalue weighted by atomic mass is 9.96. The van der Waals surface area contributed by atoms with Crippen molar-refractivity contribution in [3.8, 4) is 0 Å². The van der Waals surface area contributed by atoms with Crippen molar-refractivity contribution in [2.24, 2.45) is 5.10 Å². The van der Waals surface area contributed by atoms with Crippen molar-refractivity contribution >= 4 is 43.5 Å². The molecule has 0 fully saturated rings. The maximum atomic E-state index is 13.0. The van der Waals surface area contributed by atoms with E-state index in [0.29, 0.717) is 28.4 Å². The fraction of sp³-hybridized carbons (Fsp3) is 0.222. The van der Waals surface area contributed by atoms with Crippen molar-refractivity contribution in [2.75, 3.05) is 0 Å². The van der Waals surface area contributed by atoms with Crippen LogP contribution in [0.5, 0.6) is 0 Å². The second-order valence-electron chi connectivity index (χ2n) is 5.62. The molecule has 0 spiro atoms. The molecular formula is C18H16Br2N2O2. The van der Waals surface area contributed by atoms with Gasteiger partial charge in [0.2, 0.25) is 0 Å². The first-order chi connectivity index (χ1) is 11.5. The Morgan fingerprint density at radius 1 is 1.21 bits per heavy atom. The average Bonchev–Trinajstić information content (AvgIpc) is 2.93. The van der Waals surface area contributed by atoms with Gasteiger partial charge in [-0.15, -0.1) is 0 Å². The molecule has 0 aromatic heterocycles. The summed E-state index contributed by atoms with van der Waals surface area (Å²) >= 11 is 6.79. The minimum absolute atomic E-state index is 0.307. The van der Waals surface area contributed by atoms with Gasteiger partial charge in [0, 0.05) is 26.6 Å². The lowest BCUT2D eigenvalue weighted by molar-refractivity contribution is -0.0766. The van der Waals surface area contributed by atoms with Gasteiger partial charge in [-0.25, -0.2) is 0 Å². The highest BCUT2D eigenvalue weighted by molar-refractivity contribution is 9.10. The van der Waals surface area contributed by atoms with E-state index in [-0.39, 0.29) is 5.91 Å². The molecule has 4 nitrogen and oxygen atoms in total. The van der Waals surface area contributed by atoms with E-state index in [9.17, 15) is 9.90 Å². The maximum absolute atomic E-state index is 13.0. The summed E-state index contributed by atoms with van der Waals surface area (Å²) in [6.45, 7) is 1.97. The molecular weight excluding hydrogens is 436 g/mol. The normalized spacial score (nSPS) is 20.2. The number of hydrazone groups is 1. The highest BCUT2D eigenvalue weighted by Gasteiger charge is 2.45. The standard InChI is InChI=1S/C18H16Br2N2O2/c1-2-14-11-18(24,12-7-9-13(19)10-8-12)22(21-14)17(23)15-5-3-4-6-16(15)20/h3-10,24H,2,11H2,1H3/t18-/m1/s1. The van der Waals surface area contributed by atoms with E-state index in [2.05, 4.69) is 37.0 Å². The lowest BCUT2D eigenvalue weighted by Gasteiger charge is -2.31. The second-order valence-corrected chi connectivity index (χ2v) is 7.39. The predicted octanol–water partition coefficient (Wildman–Crippen LogP) is 4.67. The molecule has 0 saturated heterocycles. The van der Waals surface area contributed by atoms with Crippen molar-refractivity contribution in [1.82, 2.24) is 5.01 Å². The van der Waals surface area contributed by atoms with Crippen LogP contribution in [0, 0.1) is 0 Å². The van der Waals surface area contributed by atoms with E-state index in [4.69, 9.17) is 0 Å². The summed E-state index contributed by atoms with van der Waals surface area (Å²) in [5.74, 6) is -0.337. The van der Waals surface area contributed by atoms with Crippen molar-refractivity contribution in [3.05, 3.63) is 68.6 Å². The number of aliphatic hydroxyl groups is 1. The zero-order chi connectivity index (χ0) is 17.3. The van der Waals surface area contributed by atoms with Gasteiger partial charge in [-0.1, -0.05) is 47.1 Å². The Bertz CT molecular complexity index is 805. The van der Waals surface area contributed by atoms with Gasteiger partial charge in [-0.2, -0.15) is 10.1 Å². The number of halogens is 2. The number of carbonyl (C=O) groups is 1. The van der Waals surface area contributed by atoms with Crippen molar-refractivity contribution in [3.63, 3.8) is 0 Å². The van der Waals surface area contributed by atoms with Crippen LogP contribution in [0.1, 0.15) is 35.7 Å². The minimum Gasteiger partial charge on any atom is -0.365 e. The summed E-state index contributed by atoms with van der Waals surface area (Å²) in [7, 11) is 0. The van der Waals surface area contributed by atoms with Crippen LogP contribution >= 0.6 is 31.9 Å². The Hall–Kier alpha value is -1.50. The smallest absolute Gasteiger partial charge is 0.278 e. The first-order valence-electron chi connectivity index (χ1n) is 7.59. The largest absolute Gasteiger partial charge is 0.365 e. The molecule has 0 radical (unpaired) electrons. The number of carbonyl (C=O) groups excluding carboxylic acids is 1. The molecule has 1 aliphatic heterocycles. The number of benzene rings is 2. The van der Waals surface area contributed by atoms with Crippen LogP contribution in [0.2, 0.25) is 0 Å². The summed E-state index contributed by atoms with van der Waals surface area (Å²) in [5, 5.41) is 16.9. The van der Waals surface area contributed by atoms with Gasteiger partial charge < -0.3 is 5.11 Å². The number of amides is 1. The van der Waals surface area contributed by atoms with E-state index in [0.717, 1.165) is 10.2 Å². The van der Waals surface area contributed by atoms with Gasteiger partial charge in [0.25, 0.3) is 5.91 Å². The topological polar surface area (TPSA) is 52.9 Å². The van der Waals surface area contributed by atoms with Gasteiger partial charge >= 0.3 is 0 Å². The van der Waals surface area contributed by atoms with E-state index in [1.807, 2.05) is 25.1 Å². The van der Waals surface area contributed by atoms with Crippen LogP contribution < -0.4 is 0 Å².